The fourth-order valence-corrected chi connectivity index (χ4v) is 2.15. The maximum absolute atomic E-state index is 12.1. The quantitative estimate of drug-likeness (QED) is 0.866. The predicted octanol–water partition coefficient (Wildman–Crippen LogP) is 1.69. The van der Waals surface area contributed by atoms with Crippen molar-refractivity contribution < 1.29 is 9.53 Å². The Balaban J connectivity index is 2.03. The molecule has 3 N–H and O–H groups in total. The number of hydrogen-bond acceptors (Lipinski definition) is 4. The molecule has 0 unspecified atom stereocenters. The fourth-order valence-electron chi connectivity index (χ4n) is 2.15. The maximum atomic E-state index is 12.1. The lowest BCUT2D eigenvalue weighted by molar-refractivity contribution is 0.0176. The molecule has 1 fully saturated rings. The highest BCUT2D eigenvalue weighted by Gasteiger charge is 2.30. The molecule has 0 bridgehead atoms. The van der Waals surface area contributed by atoms with Gasteiger partial charge < -0.3 is 15.8 Å². The Morgan fingerprint density at radius 1 is 1.47 bits per heavy atom. The molecule has 1 aliphatic carbocycles. The Bertz CT molecular complexity index is 468. The van der Waals surface area contributed by atoms with Crippen molar-refractivity contribution >= 4 is 11.7 Å². The number of carbonyl (C=O) groups excluding carboxylic acids is 1. The van der Waals surface area contributed by atoms with Crippen LogP contribution in [-0.2, 0) is 4.74 Å². The van der Waals surface area contributed by atoms with Gasteiger partial charge in [-0.25, -0.2) is 4.98 Å². The highest BCUT2D eigenvalue weighted by atomic mass is 16.5. The van der Waals surface area contributed by atoms with E-state index >= 15 is 0 Å². The lowest BCUT2D eigenvalue weighted by Gasteiger charge is -2.34. The second kappa shape index (κ2) is 5.57. The Morgan fingerprint density at radius 3 is 2.74 bits per heavy atom. The molecule has 5 nitrogen and oxygen atoms in total. The van der Waals surface area contributed by atoms with Gasteiger partial charge >= 0.3 is 0 Å². The van der Waals surface area contributed by atoms with Crippen LogP contribution in [0, 0.1) is 0 Å². The van der Waals surface area contributed by atoms with Crippen LogP contribution in [0.3, 0.4) is 0 Å². The van der Waals surface area contributed by atoms with Crippen LogP contribution in [0.5, 0.6) is 0 Å². The van der Waals surface area contributed by atoms with Gasteiger partial charge in [0.1, 0.15) is 5.82 Å². The SMILES string of the molecule is COC1CC(NC(=O)c2cc(N)nc(C(C)C)c2)C1. The summed E-state index contributed by atoms with van der Waals surface area (Å²) in [7, 11) is 1.70. The summed E-state index contributed by atoms with van der Waals surface area (Å²) in [6.07, 6.45) is 2.03. The Hall–Kier alpha value is -1.62. The molecule has 19 heavy (non-hydrogen) atoms. The number of ether oxygens (including phenoxy) is 1. The summed E-state index contributed by atoms with van der Waals surface area (Å²) in [5.74, 6) is 0.548. The third-order valence-electron chi connectivity index (χ3n) is 3.48. The van der Waals surface area contributed by atoms with Gasteiger partial charge in [0.2, 0.25) is 0 Å². The summed E-state index contributed by atoms with van der Waals surface area (Å²) in [6.45, 7) is 4.05. The van der Waals surface area contributed by atoms with Gasteiger partial charge in [0.25, 0.3) is 5.91 Å². The van der Waals surface area contributed by atoms with E-state index in [1.54, 1.807) is 13.2 Å². The largest absolute Gasteiger partial charge is 0.384 e. The average molecular weight is 263 g/mol. The molecule has 1 aromatic rings. The molecule has 1 amide bonds. The number of amides is 1. The highest BCUT2D eigenvalue weighted by Crippen LogP contribution is 2.23. The molecule has 0 radical (unpaired) electrons. The first kappa shape index (κ1) is 13.8. The second-order valence-electron chi connectivity index (χ2n) is 5.36. The smallest absolute Gasteiger partial charge is 0.251 e. The number of carbonyl (C=O) groups is 1. The normalized spacial score (nSPS) is 22.1. The number of hydrogen-bond donors (Lipinski definition) is 2. The molecule has 0 aromatic carbocycles. The third-order valence-corrected chi connectivity index (χ3v) is 3.48. The van der Waals surface area contributed by atoms with Crippen LogP contribution in [0.4, 0.5) is 5.82 Å². The van der Waals surface area contributed by atoms with E-state index in [2.05, 4.69) is 10.3 Å². The van der Waals surface area contributed by atoms with Crippen molar-refractivity contribution in [3.05, 3.63) is 23.4 Å². The van der Waals surface area contributed by atoms with Gasteiger partial charge in [-0.3, -0.25) is 4.79 Å². The van der Waals surface area contributed by atoms with E-state index in [0.717, 1.165) is 18.5 Å². The van der Waals surface area contributed by atoms with Gasteiger partial charge in [-0.05, 0) is 30.9 Å². The van der Waals surface area contributed by atoms with E-state index in [1.165, 1.54) is 0 Å². The summed E-state index contributed by atoms with van der Waals surface area (Å²) in [4.78, 5) is 16.4. The standard InChI is InChI=1S/C14H21N3O2/c1-8(2)12-4-9(5-13(15)17-12)14(18)16-10-6-11(7-10)19-3/h4-5,8,10-11H,6-7H2,1-3H3,(H2,15,17)(H,16,18). The van der Waals surface area contributed by atoms with Gasteiger partial charge in [0.15, 0.2) is 0 Å². The number of nitrogens with two attached hydrogens (primary N) is 1. The molecule has 104 valence electrons. The van der Waals surface area contributed by atoms with Gasteiger partial charge in [-0.2, -0.15) is 0 Å². The number of anilines is 1. The molecule has 0 atom stereocenters. The summed E-state index contributed by atoms with van der Waals surface area (Å²) < 4.78 is 5.19. The molecule has 1 aliphatic rings. The van der Waals surface area contributed by atoms with Crippen molar-refractivity contribution in [3.8, 4) is 0 Å². The molecule has 0 saturated heterocycles. The van der Waals surface area contributed by atoms with Crippen molar-refractivity contribution in [2.24, 2.45) is 0 Å². The number of methoxy groups -OCH3 is 1. The van der Waals surface area contributed by atoms with Crippen molar-refractivity contribution in [2.45, 2.75) is 44.8 Å². The van der Waals surface area contributed by atoms with E-state index in [-0.39, 0.29) is 24.0 Å². The second-order valence-corrected chi connectivity index (χ2v) is 5.36. The number of nitrogens with zero attached hydrogens (tertiary/aromatic N) is 1. The molecule has 0 aliphatic heterocycles. The zero-order valence-corrected chi connectivity index (χ0v) is 11.6. The molecule has 5 heteroatoms. The zero-order chi connectivity index (χ0) is 14.0. The van der Waals surface area contributed by atoms with Gasteiger partial charge in [0.05, 0.1) is 6.10 Å². The molecular weight excluding hydrogens is 242 g/mol. The predicted molar refractivity (Wildman–Crippen MR) is 74.0 cm³/mol. The minimum atomic E-state index is -0.0875. The number of pyridine rings is 1. The van der Waals surface area contributed by atoms with E-state index in [0.29, 0.717) is 11.4 Å². The van der Waals surface area contributed by atoms with E-state index in [4.69, 9.17) is 10.5 Å². The topological polar surface area (TPSA) is 77.2 Å². The first-order chi connectivity index (χ1) is 8.99. The zero-order valence-electron chi connectivity index (χ0n) is 11.6. The van der Waals surface area contributed by atoms with Crippen LogP contribution < -0.4 is 11.1 Å². The lowest BCUT2D eigenvalue weighted by atomic mass is 9.89. The van der Waals surface area contributed by atoms with E-state index < -0.39 is 0 Å². The van der Waals surface area contributed by atoms with Crippen LogP contribution in [0.15, 0.2) is 12.1 Å². The molecule has 1 aromatic heterocycles. The summed E-state index contributed by atoms with van der Waals surface area (Å²) in [6, 6.07) is 3.63. The van der Waals surface area contributed by atoms with E-state index in [1.807, 2.05) is 19.9 Å². The first-order valence-electron chi connectivity index (χ1n) is 6.60. The fraction of sp³-hybridized carbons (Fsp3) is 0.571. The van der Waals surface area contributed by atoms with Crippen molar-refractivity contribution in [1.29, 1.82) is 0 Å². The minimum Gasteiger partial charge on any atom is -0.384 e. The Morgan fingerprint density at radius 2 is 2.16 bits per heavy atom. The number of rotatable bonds is 4. The van der Waals surface area contributed by atoms with Crippen LogP contribution in [-0.4, -0.2) is 30.1 Å². The molecule has 2 rings (SSSR count). The van der Waals surface area contributed by atoms with Crippen LogP contribution in [0.1, 0.15) is 48.7 Å². The third kappa shape index (κ3) is 3.23. The lowest BCUT2D eigenvalue weighted by Crippen LogP contribution is -2.47. The first-order valence-corrected chi connectivity index (χ1v) is 6.60. The minimum absolute atomic E-state index is 0.0875. The molecule has 1 saturated carbocycles. The number of nitrogens with one attached hydrogen (secondary N) is 1. The van der Waals surface area contributed by atoms with Crippen LogP contribution in [0.25, 0.3) is 0 Å². The number of nitrogen functional groups attached to an aromatic ring is 1. The van der Waals surface area contributed by atoms with Gasteiger partial charge in [-0.15, -0.1) is 0 Å². The molecule has 0 spiro atoms. The Labute approximate surface area is 113 Å². The average Bonchev–Trinajstić information content (AvgIpc) is 2.32. The van der Waals surface area contributed by atoms with Crippen LogP contribution >= 0.6 is 0 Å². The monoisotopic (exact) mass is 263 g/mol. The Kier molecular flexibility index (Phi) is 4.04. The van der Waals surface area contributed by atoms with E-state index in [9.17, 15) is 4.79 Å². The van der Waals surface area contributed by atoms with Crippen molar-refractivity contribution in [1.82, 2.24) is 10.3 Å². The van der Waals surface area contributed by atoms with Gasteiger partial charge in [-0.1, -0.05) is 13.8 Å². The highest BCUT2D eigenvalue weighted by molar-refractivity contribution is 5.95. The number of aromatic nitrogens is 1. The van der Waals surface area contributed by atoms with Crippen molar-refractivity contribution in [3.63, 3.8) is 0 Å². The molecular formula is C14H21N3O2. The molecule has 1 heterocycles. The maximum Gasteiger partial charge on any atom is 0.251 e. The van der Waals surface area contributed by atoms with Gasteiger partial charge in [0, 0.05) is 24.4 Å². The summed E-state index contributed by atoms with van der Waals surface area (Å²) in [5.41, 5.74) is 7.17. The summed E-state index contributed by atoms with van der Waals surface area (Å²) in [5, 5.41) is 2.99. The van der Waals surface area contributed by atoms with Crippen LogP contribution in [0.2, 0.25) is 0 Å². The summed E-state index contributed by atoms with van der Waals surface area (Å²) >= 11 is 0. The van der Waals surface area contributed by atoms with Crippen molar-refractivity contribution in [2.75, 3.05) is 12.8 Å².